The van der Waals surface area contributed by atoms with E-state index in [4.69, 9.17) is 15.2 Å². The van der Waals surface area contributed by atoms with Crippen molar-refractivity contribution in [3.8, 4) is 11.5 Å². The first-order valence-corrected chi connectivity index (χ1v) is 7.80. The summed E-state index contributed by atoms with van der Waals surface area (Å²) < 4.78 is 11.5. The first-order chi connectivity index (χ1) is 9.63. The van der Waals surface area contributed by atoms with Gasteiger partial charge in [0.25, 0.3) is 0 Å². The number of halogens is 1. The number of benzene rings is 2. The second kappa shape index (κ2) is 6.90. The fourth-order valence-electron chi connectivity index (χ4n) is 1.71. The zero-order valence-corrected chi connectivity index (χ0v) is 13.8. The first kappa shape index (κ1) is 15.1. The van der Waals surface area contributed by atoms with Gasteiger partial charge in [0.2, 0.25) is 0 Å². The molecule has 20 heavy (non-hydrogen) atoms. The monoisotopic (exact) mass is 353 g/mol. The fraction of sp³-hybridized carbons (Fsp3) is 0.200. The van der Waals surface area contributed by atoms with Crippen molar-refractivity contribution in [3.63, 3.8) is 0 Å². The number of nitrogen functional groups attached to an aromatic ring is 1. The average molecular weight is 354 g/mol. The molecule has 2 aromatic rings. The Morgan fingerprint density at radius 1 is 1.05 bits per heavy atom. The Labute approximate surface area is 131 Å². The van der Waals surface area contributed by atoms with E-state index >= 15 is 0 Å². The van der Waals surface area contributed by atoms with E-state index in [2.05, 4.69) is 15.9 Å². The molecule has 0 amide bonds. The number of methoxy groups -OCH3 is 2. The van der Waals surface area contributed by atoms with Crippen LogP contribution < -0.4 is 15.2 Å². The highest BCUT2D eigenvalue weighted by molar-refractivity contribution is 9.10. The van der Waals surface area contributed by atoms with Crippen LogP contribution in [0.4, 0.5) is 5.69 Å². The topological polar surface area (TPSA) is 44.5 Å². The van der Waals surface area contributed by atoms with Crippen molar-refractivity contribution in [2.45, 2.75) is 10.6 Å². The molecule has 0 saturated carbocycles. The molecule has 0 heterocycles. The molecule has 2 N–H and O–H groups in total. The van der Waals surface area contributed by atoms with Gasteiger partial charge in [-0.25, -0.2) is 0 Å². The summed E-state index contributed by atoms with van der Waals surface area (Å²) in [5.41, 5.74) is 7.91. The van der Waals surface area contributed by atoms with E-state index in [1.165, 1.54) is 0 Å². The van der Waals surface area contributed by atoms with E-state index in [-0.39, 0.29) is 0 Å². The smallest absolute Gasteiger partial charge is 0.120 e. The number of hydrogen-bond donors (Lipinski definition) is 1. The molecular formula is C15H16BrNO2S. The van der Waals surface area contributed by atoms with Crippen LogP contribution in [0.5, 0.6) is 11.5 Å². The summed E-state index contributed by atoms with van der Waals surface area (Å²) in [6, 6.07) is 11.6. The summed E-state index contributed by atoms with van der Waals surface area (Å²) in [6.07, 6.45) is 0. The molecule has 5 heteroatoms. The van der Waals surface area contributed by atoms with Gasteiger partial charge in [-0.1, -0.05) is 15.9 Å². The summed E-state index contributed by atoms with van der Waals surface area (Å²) in [5.74, 6) is 2.46. The molecule has 0 aliphatic carbocycles. The van der Waals surface area contributed by atoms with E-state index in [1.807, 2.05) is 36.4 Å². The van der Waals surface area contributed by atoms with Gasteiger partial charge in [-0.05, 0) is 42.0 Å². The van der Waals surface area contributed by atoms with Crippen LogP contribution in [0.1, 0.15) is 5.56 Å². The van der Waals surface area contributed by atoms with Crippen LogP contribution in [0.2, 0.25) is 0 Å². The maximum Gasteiger partial charge on any atom is 0.120 e. The Morgan fingerprint density at radius 3 is 2.40 bits per heavy atom. The van der Waals surface area contributed by atoms with Crippen LogP contribution in [-0.2, 0) is 5.75 Å². The third-order valence-corrected chi connectivity index (χ3v) is 4.75. The van der Waals surface area contributed by atoms with Crippen LogP contribution in [0.3, 0.4) is 0 Å². The van der Waals surface area contributed by atoms with E-state index in [1.54, 1.807) is 26.0 Å². The van der Waals surface area contributed by atoms with Crippen molar-refractivity contribution in [2.75, 3.05) is 20.0 Å². The zero-order valence-electron chi connectivity index (χ0n) is 11.4. The molecule has 0 unspecified atom stereocenters. The molecule has 2 rings (SSSR count). The van der Waals surface area contributed by atoms with Crippen molar-refractivity contribution in [2.24, 2.45) is 0 Å². The van der Waals surface area contributed by atoms with Crippen molar-refractivity contribution >= 4 is 33.4 Å². The lowest BCUT2D eigenvalue weighted by Gasteiger charge is -2.10. The van der Waals surface area contributed by atoms with Gasteiger partial charge in [0.1, 0.15) is 11.5 Å². The van der Waals surface area contributed by atoms with Gasteiger partial charge in [0.15, 0.2) is 0 Å². The van der Waals surface area contributed by atoms with E-state index < -0.39 is 0 Å². The van der Waals surface area contributed by atoms with Crippen LogP contribution in [0, 0.1) is 0 Å². The van der Waals surface area contributed by atoms with Gasteiger partial charge in [0.05, 0.1) is 14.2 Å². The van der Waals surface area contributed by atoms with E-state index in [9.17, 15) is 0 Å². The summed E-state index contributed by atoms with van der Waals surface area (Å²) in [4.78, 5) is 1.01. The lowest BCUT2D eigenvalue weighted by atomic mass is 10.2. The third kappa shape index (κ3) is 3.61. The lowest BCUT2D eigenvalue weighted by molar-refractivity contribution is 0.413. The predicted octanol–water partition coefficient (Wildman–Crippen LogP) is 4.34. The Bertz CT molecular complexity index is 551. The van der Waals surface area contributed by atoms with Gasteiger partial charge in [-0.15, -0.1) is 11.8 Å². The molecule has 0 saturated heterocycles. The highest BCUT2D eigenvalue weighted by Crippen LogP contribution is 2.34. The minimum Gasteiger partial charge on any atom is -0.497 e. The van der Waals surface area contributed by atoms with Gasteiger partial charge >= 0.3 is 0 Å². The Hall–Kier alpha value is -1.33. The SMILES string of the molecule is COc1ccc(Br)c(CSc2cc(OC)ccc2N)c1. The molecule has 2 aromatic carbocycles. The number of thioether (sulfide) groups is 1. The summed E-state index contributed by atoms with van der Waals surface area (Å²) in [5, 5.41) is 0. The second-order valence-electron chi connectivity index (χ2n) is 4.15. The van der Waals surface area contributed by atoms with Gasteiger partial charge in [-0.3, -0.25) is 0 Å². The Kier molecular flexibility index (Phi) is 5.20. The largest absolute Gasteiger partial charge is 0.497 e. The van der Waals surface area contributed by atoms with Crippen molar-refractivity contribution < 1.29 is 9.47 Å². The molecule has 106 valence electrons. The van der Waals surface area contributed by atoms with Gasteiger partial charge in [-0.2, -0.15) is 0 Å². The predicted molar refractivity (Wildman–Crippen MR) is 87.7 cm³/mol. The molecule has 0 spiro atoms. The first-order valence-electron chi connectivity index (χ1n) is 6.02. The molecule has 0 atom stereocenters. The highest BCUT2D eigenvalue weighted by atomic mass is 79.9. The molecule has 0 bridgehead atoms. The molecule has 3 nitrogen and oxygen atoms in total. The number of rotatable bonds is 5. The summed E-state index contributed by atoms with van der Waals surface area (Å²) >= 11 is 5.23. The zero-order chi connectivity index (χ0) is 14.5. The number of hydrogen-bond acceptors (Lipinski definition) is 4. The molecular weight excluding hydrogens is 338 g/mol. The minimum atomic E-state index is 0.759. The highest BCUT2D eigenvalue weighted by Gasteiger charge is 2.06. The van der Waals surface area contributed by atoms with Crippen LogP contribution in [-0.4, -0.2) is 14.2 Å². The van der Waals surface area contributed by atoms with E-state index in [0.717, 1.165) is 37.9 Å². The quantitative estimate of drug-likeness (QED) is 0.641. The third-order valence-electron chi connectivity index (χ3n) is 2.86. The van der Waals surface area contributed by atoms with E-state index in [0.29, 0.717) is 0 Å². The summed E-state index contributed by atoms with van der Waals surface area (Å²) in [6.45, 7) is 0. The van der Waals surface area contributed by atoms with Crippen LogP contribution >= 0.6 is 27.7 Å². The van der Waals surface area contributed by atoms with Gasteiger partial charge in [0, 0.05) is 20.8 Å². The maximum atomic E-state index is 5.99. The molecule has 0 aliphatic rings. The summed E-state index contributed by atoms with van der Waals surface area (Å²) in [7, 11) is 3.32. The lowest BCUT2D eigenvalue weighted by Crippen LogP contribution is -1.92. The standard InChI is InChI=1S/C15H16BrNO2S/c1-18-11-3-5-13(16)10(7-11)9-20-15-8-12(19-2)4-6-14(15)17/h3-8H,9,17H2,1-2H3. The van der Waals surface area contributed by atoms with Crippen molar-refractivity contribution in [1.82, 2.24) is 0 Å². The maximum absolute atomic E-state index is 5.99. The number of anilines is 1. The Morgan fingerprint density at radius 2 is 1.70 bits per heavy atom. The van der Waals surface area contributed by atoms with Crippen LogP contribution in [0.15, 0.2) is 45.8 Å². The molecule has 0 radical (unpaired) electrons. The van der Waals surface area contributed by atoms with Crippen molar-refractivity contribution in [3.05, 3.63) is 46.4 Å². The van der Waals surface area contributed by atoms with Crippen LogP contribution in [0.25, 0.3) is 0 Å². The van der Waals surface area contributed by atoms with Crippen molar-refractivity contribution in [1.29, 1.82) is 0 Å². The Balaban J connectivity index is 2.16. The normalized spacial score (nSPS) is 10.3. The molecule has 0 aromatic heterocycles. The molecule has 0 fully saturated rings. The fourth-order valence-corrected chi connectivity index (χ4v) is 3.27. The molecule has 0 aliphatic heterocycles. The number of ether oxygens (including phenoxy) is 2. The average Bonchev–Trinajstić information content (AvgIpc) is 2.48. The second-order valence-corrected chi connectivity index (χ2v) is 6.02. The number of nitrogens with two attached hydrogens (primary N) is 1. The minimum absolute atomic E-state index is 0.759. The van der Waals surface area contributed by atoms with Gasteiger partial charge < -0.3 is 15.2 Å².